The monoisotopic (exact) mass is 274 g/mol. The Morgan fingerprint density at radius 3 is 2.79 bits per heavy atom. The fraction of sp³-hybridized carbons (Fsp3) is 0.154. The number of H-pyrrole nitrogens is 1. The van der Waals surface area contributed by atoms with Gasteiger partial charge in [0.15, 0.2) is 5.65 Å². The average molecular weight is 275 g/mol. The molecule has 0 radical (unpaired) electrons. The molecule has 2 aromatic heterocycles. The van der Waals surface area contributed by atoms with Gasteiger partial charge in [-0.15, -0.1) is 11.6 Å². The number of aromatic amines is 1. The summed E-state index contributed by atoms with van der Waals surface area (Å²) in [4.78, 5) is 18.8. The van der Waals surface area contributed by atoms with Crippen molar-refractivity contribution < 1.29 is 0 Å². The lowest BCUT2D eigenvalue weighted by Crippen LogP contribution is -2.12. The summed E-state index contributed by atoms with van der Waals surface area (Å²) in [5, 5.41) is 4.69. The number of nitrogens with one attached hydrogen (secondary N) is 1. The van der Waals surface area contributed by atoms with Crippen molar-refractivity contribution in [3.63, 3.8) is 0 Å². The largest absolute Gasteiger partial charge is 0.309 e. The Labute approximate surface area is 113 Å². The Balaban J connectivity index is 2.10. The van der Waals surface area contributed by atoms with Gasteiger partial charge >= 0.3 is 0 Å². The summed E-state index contributed by atoms with van der Waals surface area (Å²) in [5.74, 6) is 0.621. The van der Waals surface area contributed by atoms with Crippen molar-refractivity contribution in [2.24, 2.45) is 0 Å². The van der Waals surface area contributed by atoms with E-state index in [1.807, 2.05) is 30.3 Å². The second kappa shape index (κ2) is 4.85. The Kier molecular flexibility index (Phi) is 3.05. The van der Waals surface area contributed by atoms with Gasteiger partial charge in [0.1, 0.15) is 11.2 Å². The van der Waals surface area contributed by atoms with Crippen LogP contribution in [0.3, 0.4) is 0 Å². The summed E-state index contributed by atoms with van der Waals surface area (Å²) in [5.41, 5.74) is 1.45. The summed E-state index contributed by atoms with van der Waals surface area (Å²) in [6.07, 6.45) is 1.53. The first-order valence-corrected chi connectivity index (χ1v) is 6.36. The molecule has 2 heterocycles. The molecule has 0 atom stereocenters. The molecule has 0 bridgehead atoms. The molecule has 0 unspecified atom stereocenters. The Morgan fingerprint density at radius 1 is 1.26 bits per heavy atom. The number of fused-ring (bicyclic) bond motifs is 1. The van der Waals surface area contributed by atoms with Crippen LogP contribution in [-0.4, -0.2) is 19.7 Å². The number of rotatable bonds is 3. The molecule has 0 fully saturated rings. The average Bonchev–Trinajstić information content (AvgIpc) is 2.83. The normalized spacial score (nSPS) is 11.0. The van der Waals surface area contributed by atoms with Gasteiger partial charge in [-0.25, -0.2) is 9.67 Å². The van der Waals surface area contributed by atoms with Crippen molar-refractivity contribution in [3.05, 3.63) is 58.3 Å². The molecule has 1 aromatic carbocycles. The van der Waals surface area contributed by atoms with Crippen LogP contribution in [0, 0.1) is 0 Å². The Morgan fingerprint density at radius 2 is 2.05 bits per heavy atom. The van der Waals surface area contributed by atoms with Crippen molar-refractivity contribution in [2.45, 2.75) is 12.4 Å². The zero-order valence-corrected chi connectivity index (χ0v) is 10.8. The van der Waals surface area contributed by atoms with Gasteiger partial charge in [0.05, 0.1) is 18.6 Å². The van der Waals surface area contributed by atoms with E-state index in [9.17, 15) is 4.79 Å². The van der Waals surface area contributed by atoms with E-state index >= 15 is 0 Å². The first kappa shape index (κ1) is 11.9. The number of benzene rings is 1. The maximum atomic E-state index is 11.8. The molecular weight excluding hydrogens is 264 g/mol. The van der Waals surface area contributed by atoms with Gasteiger partial charge in [-0.2, -0.15) is 5.10 Å². The van der Waals surface area contributed by atoms with Crippen LogP contribution in [0.4, 0.5) is 0 Å². The standard InChI is InChI=1S/C13H11ClN4O/c14-6-11-16-12-10(13(19)17-11)7-15-18(12)8-9-4-2-1-3-5-9/h1-5,7H,6,8H2,(H,16,17,19). The summed E-state index contributed by atoms with van der Waals surface area (Å²) in [6.45, 7) is 0.572. The van der Waals surface area contributed by atoms with E-state index in [1.54, 1.807) is 4.68 Å². The molecule has 0 aliphatic rings. The number of nitrogens with zero attached hydrogens (tertiary/aromatic N) is 3. The minimum Gasteiger partial charge on any atom is -0.309 e. The number of hydrogen-bond donors (Lipinski definition) is 1. The van der Waals surface area contributed by atoms with E-state index in [4.69, 9.17) is 11.6 Å². The van der Waals surface area contributed by atoms with Gasteiger partial charge in [-0.05, 0) is 5.56 Å². The van der Waals surface area contributed by atoms with Crippen LogP contribution < -0.4 is 5.56 Å². The van der Waals surface area contributed by atoms with Gasteiger partial charge in [-0.3, -0.25) is 4.79 Å². The quantitative estimate of drug-likeness (QED) is 0.742. The predicted molar refractivity (Wildman–Crippen MR) is 73.2 cm³/mol. The Hall–Kier alpha value is -2.14. The molecular formula is C13H11ClN4O. The van der Waals surface area contributed by atoms with Gasteiger partial charge in [0.25, 0.3) is 5.56 Å². The Bertz CT molecular complexity index is 763. The summed E-state index contributed by atoms with van der Waals surface area (Å²) < 4.78 is 1.70. The highest BCUT2D eigenvalue weighted by Gasteiger charge is 2.09. The maximum Gasteiger partial charge on any atom is 0.262 e. The SMILES string of the molecule is O=c1[nH]c(CCl)nc2c1cnn2Cc1ccccc1. The van der Waals surface area contributed by atoms with Crippen LogP contribution in [-0.2, 0) is 12.4 Å². The molecule has 0 aliphatic heterocycles. The molecule has 19 heavy (non-hydrogen) atoms. The zero-order valence-electron chi connectivity index (χ0n) is 10.0. The molecule has 0 aliphatic carbocycles. The summed E-state index contributed by atoms with van der Waals surface area (Å²) in [6, 6.07) is 9.89. The molecule has 0 saturated carbocycles. The fourth-order valence-corrected chi connectivity index (χ4v) is 2.07. The molecule has 3 aromatic rings. The van der Waals surface area contributed by atoms with E-state index < -0.39 is 0 Å². The van der Waals surface area contributed by atoms with E-state index in [2.05, 4.69) is 15.1 Å². The van der Waals surface area contributed by atoms with Crippen LogP contribution >= 0.6 is 11.6 Å². The third-order valence-corrected chi connectivity index (χ3v) is 3.11. The van der Waals surface area contributed by atoms with E-state index in [0.717, 1.165) is 5.56 Å². The highest BCUT2D eigenvalue weighted by Crippen LogP contribution is 2.10. The van der Waals surface area contributed by atoms with Gasteiger partial charge in [-0.1, -0.05) is 30.3 Å². The molecule has 96 valence electrons. The second-order valence-electron chi connectivity index (χ2n) is 4.17. The zero-order chi connectivity index (χ0) is 13.2. The molecule has 0 spiro atoms. The molecule has 6 heteroatoms. The summed E-state index contributed by atoms with van der Waals surface area (Å²) in [7, 11) is 0. The van der Waals surface area contributed by atoms with Crippen LogP contribution in [0.2, 0.25) is 0 Å². The van der Waals surface area contributed by atoms with Crippen molar-refractivity contribution >= 4 is 22.6 Å². The van der Waals surface area contributed by atoms with E-state index in [1.165, 1.54) is 6.20 Å². The highest BCUT2D eigenvalue weighted by molar-refractivity contribution is 6.16. The lowest BCUT2D eigenvalue weighted by atomic mass is 10.2. The van der Waals surface area contributed by atoms with E-state index in [-0.39, 0.29) is 11.4 Å². The van der Waals surface area contributed by atoms with Crippen molar-refractivity contribution in [1.29, 1.82) is 0 Å². The lowest BCUT2D eigenvalue weighted by molar-refractivity contribution is 0.702. The first-order chi connectivity index (χ1) is 9.28. The minimum atomic E-state index is -0.208. The maximum absolute atomic E-state index is 11.8. The van der Waals surface area contributed by atoms with E-state index in [0.29, 0.717) is 23.4 Å². The van der Waals surface area contributed by atoms with Crippen LogP contribution in [0.5, 0.6) is 0 Å². The van der Waals surface area contributed by atoms with Gasteiger partial charge in [0, 0.05) is 0 Å². The number of aromatic nitrogens is 4. The molecule has 0 saturated heterocycles. The topological polar surface area (TPSA) is 63.6 Å². The fourth-order valence-electron chi connectivity index (χ4n) is 1.95. The molecule has 3 rings (SSSR count). The van der Waals surface area contributed by atoms with Gasteiger partial charge in [0.2, 0.25) is 0 Å². The molecule has 5 nitrogen and oxygen atoms in total. The van der Waals surface area contributed by atoms with Crippen molar-refractivity contribution in [1.82, 2.24) is 19.7 Å². The minimum absolute atomic E-state index is 0.168. The van der Waals surface area contributed by atoms with Gasteiger partial charge < -0.3 is 4.98 Å². The summed E-state index contributed by atoms with van der Waals surface area (Å²) >= 11 is 5.72. The van der Waals surface area contributed by atoms with Crippen molar-refractivity contribution in [2.75, 3.05) is 0 Å². The number of halogens is 1. The van der Waals surface area contributed by atoms with Crippen LogP contribution in [0.25, 0.3) is 11.0 Å². The third-order valence-electron chi connectivity index (χ3n) is 2.86. The number of alkyl halides is 1. The first-order valence-electron chi connectivity index (χ1n) is 5.82. The second-order valence-corrected chi connectivity index (χ2v) is 4.44. The predicted octanol–water partition coefficient (Wildman–Crippen LogP) is 1.91. The van der Waals surface area contributed by atoms with Crippen LogP contribution in [0.15, 0.2) is 41.3 Å². The molecule has 1 N–H and O–H groups in total. The highest BCUT2D eigenvalue weighted by atomic mass is 35.5. The van der Waals surface area contributed by atoms with Crippen LogP contribution in [0.1, 0.15) is 11.4 Å². The van der Waals surface area contributed by atoms with Crippen molar-refractivity contribution in [3.8, 4) is 0 Å². The third kappa shape index (κ3) is 2.24. The number of hydrogen-bond acceptors (Lipinski definition) is 3. The smallest absolute Gasteiger partial charge is 0.262 e. The molecule has 0 amide bonds. The lowest BCUT2D eigenvalue weighted by Gasteiger charge is -2.03.